The number of hydrogen-bond acceptors (Lipinski definition) is 3. The molecule has 0 bridgehead atoms. The summed E-state index contributed by atoms with van der Waals surface area (Å²) >= 11 is 0. The summed E-state index contributed by atoms with van der Waals surface area (Å²) in [6, 6.07) is 8.80. The van der Waals surface area contributed by atoms with Crippen LogP contribution in [0.2, 0.25) is 0 Å². The molecule has 1 aromatic carbocycles. The van der Waals surface area contributed by atoms with E-state index in [1.165, 1.54) is 0 Å². The Kier molecular flexibility index (Phi) is 3.36. The predicted octanol–water partition coefficient (Wildman–Crippen LogP) is 2.49. The fourth-order valence-corrected chi connectivity index (χ4v) is 1.15. The van der Waals surface area contributed by atoms with E-state index in [4.69, 9.17) is 10.4 Å². The van der Waals surface area contributed by atoms with Gasteiger partial charge in [-0.2, -0.15) is 5.26 Å². The minimum atomic E-state index is -1.10. The van der Waals surface area contributed by atoms with E-state index in [1.54, 1.807) is 38.1 Å². The molecule has 84 valence electrons. The standard InChI is InChI=1S/C11H13N3O2/c1-11(2,7-12)14-9-5-3-8(4-6-9)13-10(15)16/h3-6,13-14H,1-2H3,(H,15,16). The van der Waals surface area contributed by atoms with E-state index < -0.39 is 11.6 Å². The third-order valence-electron chi connectivity index (χ3n) is 1.87. The van der Waals surface area contributed by atoms with Gasteiger partial charge in [0.25, 0.3) is 0 Å². The number of benzene rings is 1. The third-order valence-corrected chi connectivity index (χ3v) is 1.87. The molecule has 1 aromatic rings. The molecule has 5 nitrogen and oxygen atoms in total. The van der Waals surface area contributed by atoms with Gasteiger partial charge in [0.05, 0.1) is 6.07 Å². The molecular formula is C11H13N3O2. The van der Waals surface area contributed by atoms with Crippen molar-refractivity contribution in [2.24, 2.45) is 0 Å². The number of hydrogen-bond donors (Lipinski definition) is 3. The highest BCUT2D eigenvalue weighted by Crippen LogP contribution is 2.17. The Hall–Kier alpha value is -2.22. The number of anilines is 2. The first-order valence-corrected chi connectivity index (χ1v) is 4.72. The zero-order chi connectivity index (χ0) is 12.2. The predicted molar refractivity (Wildman–Crippen MR) is 61.4 cm³/mol. The monoisotopic (exact) mass is 219 g/mol. The number of carboxylic acid groups (broad SMARTS) is 1. The van der Waals surface area contributed by atoms with E-state index in [0.29, 0.717) is 5.69 Å². The minimum Gasteiger partial charge on any atom is -0.465 e. The maximum atomic E-state index is 10.4. The lowest BCUT2D eigenvalue weighted by Crippen LogP contribution is -2.28. The van der Waals surface area contributed by atoms with Crippen LogP contribution in [0.15, 0.2) is 24.3 Å². The normalized spacial score (nSPS) is 10.3. The van der Waals surface area contributed by atoms with Crippen LogP contribution in [0, 0.1) is 11.3 Å². The molecule has 0 aromatic heterocycles. The van der Waals surface area contributed by atoms with Gasteiger partial charge in [0.2, 0.25) is 0 Å². The summed E-state index contributed by atoms with van der Waals surface area (Å²) in [5, 5.41) is 22.6. The highest BCUT2D eigenvalue weighted by molar-refractivity contribution is 5.83. The van der Waals surface area contributed by atoms with Crippen molar-refractivity contribution >= 4 is 17.5 Å². The Morgan fingerprint density at radius 1 is 1.31 bits per heavy atom. The summed E-state index contributed by atoms with van der Waals surface area (Å²) < 4.78 is 0. The Labute approximate surface area is 93.7 Å². The molecule has 0 saturated carbocycles. The molecule has 0 heterocycles. The molecule has 16 heavy (non-hydrogen) atoms. The molecule has 0 fully saturated rings. The number of rotatable bonds is 3. The topological polar surface area (TPSA) is 85.2 Å². The van der Waals surface area contributed by atoms with Crippen LogP contribution in [-0.4, -0.2) is 16.7 Å². The first-order chi connectivity index (χ1) is 7.43. The smallest absolute Gasteiger partial charge is 0.409 e. The van der Waals surface area contributed by atoms with Crippen LogP contribution in [0.25, 0.3) is 0 Å². The summed E-state index contributed by atoms with van der Waals surface area (Å²) in [4.78, 5) is 10.4. The van der Waals surface area contributed by atoms with E-state index in [0.717, 1.165) is 5.69 Å². The molecule has 0 aliphatic rings. The fourth-order valence-electron chi connectivity index (χ4n) is 1.15. The van der Waals surface area contributed by atoms with Crippen molar-refractivity contribution in [1.82, 2.24) is 0 Å². The Balaban J connectivity index is 2.73. The van der Waals surface area contributed by atoms with Crippen molar-refractivity contribution in [3.63, 3.8) is 0 Å². The number of nitrogens with one attached hydrogen (secondary N) is 2. The van der Waals surface area contributed by atoms with Crippen LogP contribution in [0.5, 0.6) is 0 Å². The van der Waals surface area contributed by atoms with Crippen molar-refractivity contribution in [1.29, 1.82) is 5.26 Å². The van der Waals surface area contributed by atoms with Crippen LogP contribution < -0.4 is 10.6 Å². The number of carbonyl (C=O) groups is 1. The SMILES string of the molecule is CC(C)(C#N)Nc1ccc(NC(=O)O)cc1. The van der Waals surface area contributed by atoms with Gasteiger partial charge in [-0.15, -0.1) is 0 Å². The Morgan fingerprint density at radius 3 is 2.25 bits per heavy atom. The largest absolute Gasteiger partial charge is 0.465 e. The molecule has 0 aliphatic heterocycles. The minimum absolute atomic E-state index is 0.493. The molecule has 0 saturated heterocycles. The second-order valence-electron chi connectivity index (χ2n) is 3.87. The van der Waals surface area contributed by atoms with Crippen molar-refractivity contribution in [2.45, 2.75) is 19.4 Å². The van der Waals surface area contributed by atoms with Gasteiger partial charge in [0.15, 0.2) is 0 Å². The van der Waals surface area contributed by atoms with E-state index in [-0.39, 0.29) is 0 Å². The molecule has 0 aliphatic carbocycles. The zero-order valence-corrected chi connectivity index (χ0v) is 9.11. The first kappa shape index (κ1) is 11.9. The van der Waals surface area contributed by atoms with E-state index in [9.17, 15) is 4.79 Å². The van der Waals surface area contributed by atoms with Gasteiger partial charge < -0.3 is 10.4 Å². The second-order valence-corrected chi connectivity index (χ2v) is 3.87. The van der Waals surface area contributed by atoms with E-state index in [2.05, 4.69) is 16.7 Å². The number of nitrogens with zero attached hydrogens (tertiary/aromatic N) is 1. The maximum Gasteiger partial charge on any atom is 0.409 e. The fraction of sp³-hybridized carbons (Fsp3) is 0.273. The van der Waals surface area contributed by atoms with Gasteiger partial charge in [-0.3, -0.25) is 5.32 Å². The molecule has 0 atom stereocenters. The van der Waals surface area contributed by atoms with Crippen LogP contribution in [0.3, 0.4) is 0 Å². The van der Waals surface area contributed by atoms with Crippen molar-refractivity contribution < 1.29 is 9.90 Å². The molecule has 0 unspecified atom stereocenters. The van der Waals surface area contributed by atoms with Crippen molar-refractivity contribution in [2.75, 3.05) is 10.6 Å². The van der Waals surface area contributed by atoms with Gasteiger partial charge in [-0.05, 0) is 38.1 Å². The van der Waals surface area contributed by atoms with Crippen LogP contribution >= 0.6 is 0 Å². The van der Waals surface area contributed by atoms with Gasteiger partial charge in [-0.1, -0.05) is 0 Å². The summed E-state index contributed by atoms with van der Waals surface area (Å²) in [6.45, 7) is 3.52. The van der Waals surface area contributed by atoms with Crippen LogP contribution in [0.4, 0.5) is 16.2 Å². The maximum absolute atomic E-state index is 10.4. The molecule has 1 amide bonds. The molecule has 1 rings (SSSR count). The summed E-state index contributed by atoms with van der Waals surface area (Å²) in [5.41, 5.74) is 0.608. The summed E-state index contributed by atoms with van der Waals surface area (Å²) in [6.07, 6.45) is -1.10. The highest BCUT2D eigenvalue weighted by atomic mass is 16.4. The summed E-state index contributed by atoms with van der Waals surface area (Å²) in [7, 11) is 0. The Bertz CT molecular complexity index is 418. The van der Waals surface area contributed by atoms with Gasteiger partial charge in [0.1, 0.15) is 5.54 Å². The lowest BCUT2D eigenvalue weighted by atomic mass is 10.1. The second kappa shape index (κ2) is 4.53. The lowest BCUT2D eigenvalue weighted by Gasteiger charge is -2.19. The van der Waals surface area contributed by atoms with Gasteiger partial charge in [0, 0.05) is 11.4 Å². The average Bonchev–Trinajstić information content (AvgIpc) is 2.20. The Morgan fingerprint density at radius 2 is 1.81 bits per heavy atom. The molecule has 0 radical (unpaired) electrons. The number of amides is 1. The third kappa shape index (κ3) is 3.50. The van der Waals surface area contributed by atoms with E-state index in [1.807, 2.05) is 0 Å². The van der Waals surface area contributed by atoms with Crippen molar-refractivity contribution in [3.8, 4) is 6.07 Å². The highest BCUT2D eigenvalue weighted by Gasteiger charge is 2.15. The molecule has 0 spiro atoms. The molecule has 3 N–H and O–H groups in total. The van der Waals surface area contributed by atoms with Gasteiger partial charge >= 0.3 is 6.09 Å². The van der Waals surface area contributed by atoms with Gasteiger partial charge in [-0.25, -0.2) is 4.79 Å². The van der Waals surface area contributed by atoms with Crippen molar-refractivity contribution in [3.05, 3.63) is 24.3 Å². The lowest BCUT2D eigenvalue weighted by molar-refractivity contribution is 0.210. The summed E-state index contributed by atoms with van der Waals surface area (Å²) in [5.74, 6) is 0. The molecular weight excluding hydrogens is 206 g/mol. The zero-order valence-electron chi connectivity index (χ0n) is 9.11. The van der Waals surface area contributed by atoms with Crippen LogP contribution in [-0.2, 0) is 0 Å². The van der Waals surface area contributed by atoms with Crippen LogP contribution in [0.1, 0.15) is 13.8 Å². The molecule has 5 heteroatoms. The average molecular weight is 219 g/mol. The van der Waals surface area contributed by atoms with E-state index >= 15 is 0 Å². The quantitative estimate of drug-likeness (QED) is 0.729. The first-order valence-electron chi connectivity index (χ1n) is 4.72. The number of nitriles is 1.